The number of nitrogens with zero attached hydrogens (tertiary/aromatic N) is 2. The van der Waals surface area contributed by atoms with Crippen molar-refractivity contribution in [2.24, 2.45) is 5.92 Å². The number of ketones is 1. The average Bonchev–Trinajstić information content (AvgIpc) is 2.83. The molecule has 2 heterocycles. The van der Waals surface area contributed by atoms with Crippen molar-refractivity contribution in [3.63, 3.8) is 0 Å². The number of halogens is 2. The first-order chi connectivity index (χ1) is 16.0. The minimum Gasteiger partial charge on any atom is -0.481 e. The number of carbonyl (C=O) groups is 1. The number of benzene rings is 2. The van der Waals surface area contributed by atoms with Crippen molar-refractivity contribution in [2.75, 3.05) is 27.3 Å². The van der Waals surface area contributed by atoms with Gasteiger partial charge in [-0.05, 0) is 41.5 Å². The Labute approximate surface area is 192 Å². The summed E-state index contributed by atoms with van der Waals surface area (Å²) >= 11 is 0. The highest BCUT2D eigenvalue weighted by molar-refractivity contribution is 5.83. The fraction of sp³-hybridized carbons (Fsp3) is 0.308. The summed E-state index contributed by atoms with van der Waals surface area (Å²) < 4.78 is 37.8. The number of methoxy groups -OCH3 is 2. The molecular weight excluding hydrogens is 426 g/mol. The Balaban J connectivity index is 1.63. The second kappa shape index (κ2) is 10.1. The number of hydrogen-bond acceptors (Lipinski definition) is 5. The Morgan fingerprint density at radius 3 is 2.09 bits per heavy atom. The van der Waals surface area contributed by atoms with E-state index in [1.807, 2.05) is 6.07 Å². The summed E-state index contributed by atoms with van der Waals surface area (Å²) in [4.78, 5) is 19.6. The number of aromatic nitrogens is 1. The molecule has 1 fully saturated rings. The number of likely N-dealkylation sites (tertiary alicyclic amines) is 1. The summed E-state index contributed by atoms with van der Waals surface area (Å²) in [7, 11) is 3.11. The number of rotatable bonds is 7. The summed E-state index contributed by atoms with van der Waals surface area (Å²) in [6, 6.07) is 16.1. The van der Waals surface area contributed by atoms with E-state index in [1.54, 1.807) is 44.6 Å². The van der Waals surface area contributed by atoms with Crippen molar-refractivity contribution in [1.29, 1.82) is 0 Å². The Bertz CT molecular complexity index is 1060. The van der Waals surface area contributed by atoms with Crippen LogP contribution in [0.4, 0.5) is 8.78 Å². The lowest BCUT2D eigenvalue weighted by Crippen LogP contribution is -2.43. The highest BCUT2D eigenvalue weighted by Gasteiger charge is 2.35. The lowest BCUT2D eigenvalue weighted by Gasteiger charge is -2.36. The number of carbonyl (C=O) groups excluding carboxylic acids is 1. The molecular formula is C26H26F2N2O3. The predicted octanol–water partition coefficient (Wildman–Crippen LogP) is 4.60. The SMILES string of the molecule is COc1ccc(CN2CCC(=O)C(C(c3ccc(F)cc3)c3ccc(F)cc3)C2)c(OC)n1. The molecule has 2 aromatic carbocycles. The molecule has 4 rings (SSSR count). The fourth-order valence-electron chi connectivity index (χ4n) is 4.46. The van der Waals surface area contributed by atoms with Gasteiger partial charge in [0.2, 0.25) is 11.8 Å². The summed E-state index contributed by atoms with van der Waals surface area (Å²) in [6.45, 7) is 1.68. The van der Waals surface area contributed by atoms with Crippen molar-refractivity contribution in [1.82, 2.24) is 9.88 Å². The summed E-state index contributed by atoms with van der Waals surface area (Å²) in [5, 5.41) is 0. The molecule has 1 aromatic heterocycles. The zero-order chi connectivity index (χ0) is 23.4. The fourth-order valence-corrected chi connectivity index (χ4v) is 4.46. The zero-order valence-corrected chi connectivity index (χ0v) is 18.6. The third-order valence-electron chi connectivity index (χ3n) is 6.11. The molecule has 1 aliphatic rings. The maximum Gasteiger partial charge on any atom is 0.220 e. The summed E-state index contributed by atoms with van der Waals surface area (Å²) in [5.41, 5.74) is 2.55. The summed E-state index contributed by atoms with van der Waals surface area (Å²) in [5.74, 6) is -0.250. The molecule has 0 amide bonds. The van der Waals surface area contributed by atoms with Gasteiger partial charge in [0.1, 0.15) is 17.4 Å². The van der Waals surface area contributed by atoms with Gasteiger partial charge in [0.05, 0.1) is 14.2 Å². The highest BCUT2D eigenvalue weighted by Crippen LogP contribution is 2.36. The zero-order valence-electron chi connectivity index (χ0n) is 18.6. The van der Waals surface area contributed by atoms with Gasteiger partial charge in [-0.2, -0.15) is 4.98 Å². The molecule has 0 N–H and O–H groups in total. The van der Waals surface area contributed by atoms with E-state index in [-0.39, 0.29) is 29.3 Å². The monoisotopic (exact) mass is 452 g/mol. The van der Waals surface area contributed by atoms with E-state index >= 15 is 0 Å². The first kappa shape index (κ1) is 22.9. The van der Waals surface area contributed by atoms with Crippen molar-refractivity contribution in [3.8, 4) is 11.8 Å². The molecule has 33 heavy (non-hydrogen) atoms. The first-order valence-electron chi connectivity index (χ1n) is 10.8. The van der Waals surface area contributed by atoms with Gasteiger partial charge >= 0.3 is 0 Å². The minimum absolute atomic E-state index is 0.143. The molecule has 0 bridgehead atoms. The highest BCUT2D eigenvalue weighted by atomic mass is 19.1. The van der Waals surface area contributed by atoms with Crippen molar-refractivity contribution in [3.05, 3.63) is 89.0 Å². The van der Waals surface area contributed by atoms with E-state index in [4.69, 9.17) is 9.47 Å². The molecule has 1 saturated heterocycles. The van der Waals surface area contributed by atoms with Crippen LogP contribution in [-0.2, 0) is 11.3 Å². The van der Waals surface area contributed by atoms with Crippen LogP contribution in [0.1, 0.15) is 29.0 Å². The number of piperidine rings is 1. The normalized spacial score (nSPS) is 16.8. The largest absolute Gasteiger partial charge is 0.481 e. The van der Waals surface area contributed by atoms with Crippen LogP contribution in [0.2, 0.25) is 0 Å². The van der Waals surface area contributed by atoms with Crippen molar-refractivity contribution < 1.29 is 23.0 Å². The van der Waals surface area contributed by atoms with E-state index in [2.05, 4.69) is 9.88 Å². The Morgan fingerprint density at radius 1 is 0.939 bits per heavy atom. The molecule has 3 aromatic rings. The first-order valence-corrected chi connectivity index (χ1v) is 10.8. The van der Waals surface area contributed by atoms with Gasteiger partial charge in [0.25, 0.3) is 0 Å². The van der Waals surface area contributed by atoms with Gasteiger partial charge < -0.3 is 9.47 Å². The number of Topliss-reactive ketones (excluding diaryl/α,β-unsaturated/α-hetero) is 1. The maximum atomic E-state index is 13.6. The van der Waals surface area contributed by atoms with Crippen LogP contribution in [0, 0.1) is 17.6 Å². The van der Waals surface area contributed by atoms with Gasteiger partial charge in [0.15, 0.2) is 0 Å². The third-order valence-corrected chi connectivity index (χ3v) is 6.11. The van der Waals surface area contributed by atoms with Gasteiger partial charge in [-0.15, -0.1) is 0 Å². The van der Waals surface area contributed by atoms with E-state index in [0.717, 1.165) is 16.7 Å². The quantitative estimate of drug-likeness (QED) is 0.525. The van der Waals surface area contributed by atoms with Crippen LogP contribution in [0.15, 0.2) is 60.7 Å². The molecule has 0 saturated carbocycles. The van der Waals surface area contributed by atoms with E-state index in [9.17, 15) is 13.6 Å². The maximum absolute atomic E-state index is 13.6. The Kier molecular flexibility index (Phi) is 6.99. The van der Waals surface area contributed by atoms with Crippen molar-refractivity contribution >= 4 is 5.78 Å². The number of hydrogen-bond donors (Lipinski definition) is 0. The second-order valence-electron chi connectivity index (χ2n) is 8.16. The molecule has 0 aliphatic carbocycles. The standard InChI is InChI=1S/C26H26F2N2O3/c1-32-24-12-7-19(26(29-24)33-2)15-30-14-13-23(31)22(16-30)25(17-3-8-20(27)9-4-17)18-5-10-21(28)11-6-18/h3-12,22,25H,13-16H2,1-2H3. The Morgan fingerprint density at radius 2 is 1.55 bits per heavy atom. The predicted molar refractivity (Wildman–Crippen MR) is 120 cm³/mol. The summed E-state index contributed by atoms with van der Waals surface area (Å²) in [6.07, 6.45) is 0.398. The van der Waals surface area contributed by atoms with Gasteiger partial charge in [-0.3, -0.25) is 9.69 Å². The molecule has 5 nitrogen and oxygen atoms in total. The smallest absolute Gasteiger partial charge is 0.220 e. The van der Waals surface area contributed by atoms with Crippen LogP contribution < -0.4 is 9.47 Å². The number of ether oxygens (including phenoxy) is 2. The van der Waals surface area contributed by atoms with Crippen LogP contribution in [0.25, 0.3) is 0 Å². The number of pyridine rings is 1. The third kappa shape index (κ3) is 5.20. The van der Waals surface area contributed by atoms with Crippen LogP contribution in [0.5, 0.6) is 11.8 Å². The van der Waals surface area contributed by atoms with E-state index < -0.39 is 0 Å². The molecule has 0 radical (unpaired) electrons. The van der Waals surface area contributed by atoms with Gasteiger partial charge in [-0.25, -0.2) is 8.78 Å². The molecule has 1 aliphatic heterocycles. The molecule has 172 valence electrons. The molecule has 1 unspecified atom stereocenters. The van der Waals surface area contributed by atoms with Crippen LogP contribution in [-0.4, -0.2) is 43.0 Å². The lowest BCUT2D eigenvalue weighted by atomic mass is 9.76. The topological polar surface area (TPSA) is 51.7 Å². The van der Waals surface area contributed by atoms with Crippen molar-refractivity contribution in [2.45, 2.75) is 18.9 Å². The van der Waals surface area contributed by atoms with E-state index in [0.29, 0.717) is 37.8 Å². The Hall–Kier alpha value is -3.32. The average molecular weight is 453 g/mol. The van der Waals surface area contributed by atoms with Gasteiger partial charge in [-0.1, -0.05) is 24.3 Å². The van der Waals surface area contributed by atoms with Crippen LogP contribution >= 0.6 is 0 Å². The molecule has 7 heteroatoms. The molecule has 0 spiro atoms. The molecule has 1 atom stereocenters. The lowest BCUT2D eigenvalue weighted by molar-refractivity contribution is -0.126. The second-order valence-corrected chi connectivity index (χ2v) is 8.16. The van der Waals surface area contributed by atoms with Gasteiger partial charge in [0, 0.05) is 49.5 Å². The minimum atomic E-state index is -0.355. The van der Waals surface area contributed by atoms with E-state index in [1.165, 1.54) is 24.3 Å². The van der Waals surface area contributed by atoms with Crippen LogP contribution in [0.3, 0.4) is 0 Å².